The zero-order valence-corrected chi connectivity index (χ0v) is 24.4. The van der Waals surface area contributed by atoms with Gasteiger partial charge in [0.1, 0.15) is 0 Å². The largest absolute Gasteiger partial charge is 0.338 e. The number of fused-ring (bicyclic) bond motifs is 1. The van der Waals surface area contributed by atoms with E-state index in [9.17, 15) is 9.59 Å². The van der Waals surface area contributed by atoms with E-state index in [1.54, 1.807) is 22.8 Å². The molecule has 1 amide bonds. The number of rotatable bonds is 12. The average molecular weight is 582 g/mol. The molecule has 1 aromatic heterocycles. The van der Waals surface area contributed by atoms with Crippen LogP contribution in [0.4, 0.5) is 0 Å². The number of halogens is 1. The lowest BCUT2D eigenvalue weighted by Gasteiger charge is -2.23. The van der Waals surface area contributed by atoms with Crippen molar-refractivity contribution in [3.05, 3.63) is 136 Å². The highest BCUT2D eigenvalue weighted by Crippen LogP contribution is 2.23. The highest BCUT2D eigenvalue weighted by atomic mass is 35.5. The first-order valence-corrected chi connectivity index (χ1v) is 15.2. The van der Waals surface area contributed by atoms with Gasteiger partial charge in [0.15, 0.2) is 5.16 Å². The van der Waals surface area contributed by atoms with Gasteiger partial charge in [0, 0.05) is 30.3 Å². The van der Waals surface area contributed by atoms with Gasteiger partial charge in [0.2, 0.25) is 5.91 Å². The van der Waals surface area contributed by atoms with Crippen LogP contribution < -0.4 is 5.56 Å². The molecule has 4 aromatic carbocycles. The summed E-state index contributed by atoms with van der Waals surface area (Å²) in [6.45, 7) is 1.29. The number of carbonyl (C=O) groups excluding carboxylic acids is 1. The normalized spacial score (nSPS) is 11.0. The summed E-state index contributed by atoms with van der Waals surface area (Å²) in [6.07, 6.45) is 2.90. The van der Waals surface area contributed by atoms with E-state index < -0.39 is 0 Å². The summed E-state index contributed by atoms with van der Waals surface area (Å²) in [5.41, 5.74) is 3.66. The van der Waals surface area contributed by atoms with Gasteiger partial charge in [-0.1, -0.05) is 96.2 Å². The molecule has 0 fully saturated rings. The minimum atomic E-state index is -0.106. The van der Waals surface area contributed by atoms with Crippen LogP contribution in [0, 0.1) is 0 Å². The Kier molecular flexibility index (Phi) is 9.89. The molecular formula is C34H32ClN3O2S. The van der Waals surface area contributed by atoms with Gasteiger partial charge in [-0.3, -0.25) is 14.2 Å². The van der Waals surface area contributed by atoms with Crippen molar-refractivity contribution < 1.29 is 4.79 Å². The molecule has 1 heterocycles. The van der Waals surface area contributed by atoms with E-state index in [4.69, 9.17) is 16.6 Å². The fraction of sp³-hybridized carbons (Fsp3) is 0.206. The Balaban J connectivity index is 1.23. The van der Waals surface area contributed by atoms with Crippen LogP contribution in [0.15, 0.2) is 119 Å². The molecule has 0 N–H and O–H groups in total. The maximum Gasteiger partial charge on any atom is 0.266 e. The topological polar surface area (TPSA) is 55.2 Å². The van der Waals surface area contributed by atoms with Crippen LogP contribution in [0.25, 0.3) is 16.6 Å². The molecule has 0 saturated carbocycles. The summed E-state index contributed by atoms with van der Waals surface area (Å²) in [7, 11) is 0. The maximum atomic E-state index is 13.4. The van der Waals surface area contributed by atoms with Gasteiger partial charge < -0.3 is 4.90 Å². The third-order valence-electron chi connectivity index (χ3n) is 6.93. The lowest BCUT2D eigenvalue weighted by molar-refractivity contribution is -0.131. The lowest BCUT2D eigenvalue weighted by atomic mass is 10.1. The maximum absolute atomic E-state index is 13.4. The molecule has 0 atom stereocenters. The van der Waals surface area contributed by atoms with Crippen molar-refractivity contribution in [3.8, 4) is 5.69 Å². The van der Waals surface area contributed by atoms with Crippen LogP contribution in [0.1, 0.15) is 30.4 Å². The Morgan fingerprint density at radius 2 is 1.46 bits per heavy atom. The van der Waals surface area contributed by atoms with Crippen LogP contribution in [-0.4, -0.2) is 32.7 Å². The van der Waals surface area contributed by atoms with Gasteiger partial charge in [0.25, 0.3) is 5.56 Å². The number of hydrogen-bond donors (Lipinski definition) is 0. The van der Waals surface area contributed by atoms with Crippen molar-refractivity contribution in [2.45, 2.75) is 37.4 Å². The highest BCUT2D eigenvalue weighted by molar-refractivity contribution is 7.99. The van der Waals surface area contributed by atoms with E-state index in [1.807, 2.05) is 71.6 Å². The van der Waals surface area contributed by atoms with Crippen molar-refractivity contribution in [1.82, 2.24) is 14.5 Å². The summed E-state index contributed by atoms with van der Waals surface area (Å²) in [5.74, 6) is 0.908. The van der Waals surface area contributed by atoms with Crippen LogP contribution in [0.2, 0.25) is 5.02 Å². The van der Waals surface area contributed by atoms with Crippen molar-refractivity contribution in [1.29, 1.82) is 0 Å². The molecule has 5 nitrogen and oxygen atoms in total. The highest BCUT2D eigenvalue weighted by Gasteiger charge is 2.16. The number of unbranched alkanes of at least 4 members (excludes halogenated alkanes) is 1. The SMILES string of the molecule is O=C(CCCCSc1nc2ccccc2c(=O)n1-c1ccc(Cl)cc1)N(CCc1ccccc1)Cc1ccccc1. The number of aromatic nitrogens is 2. The Morgan fingerprint density at radius 1 is 0.805 bits per heavy atom. The molecule has 208 valence electrons. The lowest BCUT2D eigenvalue weighted by Crippen LogP contribution is -2.32. The minimum Gasteiger partial charge on any atom is -0.338 e. The van der Waals surface area contributed by atoms with E-state index in [1.165, 1.54) is 17.3 Å². The second-order valence-electron chi connectivity index (χ2n) is 9.87. The predicted molar refractivity (Wildman–Crippen MR) is 169 cm³/mol. The number of para-hydroxylation sites is 1. The molecular weight excluding hydrogens is 550 g/mol. The van der Waals surface area contributed by atoms with Crippen molar-refractivity contribution in [3.63, 3.8) is 0 Å². The smallest absolute Gasteiger partial charge is 0.266 e. The fourth-order valence-corrected chi connectivity index (χ4v) is 5.87. The van der Waals surface area contributed by atoms with Crippen LogP contribution in [0.3, 0.4) is 0 Å². The fourth-order valence-electron chi connectivity index (χ4n) is 4.73. The molecule has 0 aliphatic rings. The predicted octanol–water partition coefficient (Wildman–Crippen LogP) is 7.57. The minimum absolute atomic E-state index is 0.106. The van der Waals surface area contributed by atoms with Crippen LogP contribution in [0.5, 0.6) is 0 Å². The van der Waals surface area contributed by atoms with Gasteiger partial charge in [-0.05, 0) is 66.8 Å². The number of nitrogens with zero attached hydrogens (tertiary/aromatic N) is 3. The second kappa shape index (κ2) is 14.2. The quantitative estimate of drug-likeness (QED) is 0.0866. The number of amides is 1. The van der Waals surface area contributed by atoms with Gasteiger partial charge >= 0.3 is 0 Å². The molecule has 7 heteroatoms. The van der Waals surface area contributed by atoms with Gasteiger partial charge in [0.05, 0.1) is 16.6 Å². The molecule has 0 radical (unpaired) electrons. The van der Waals surface area contributed by atoms with Crippen molar-refractivity contribution in [2.75, 3.05) is 12.3 Å². The van der Waals surface area contributed by atoms with Crippen molar-refractivity contribution >= 4 is 40.2 Å². The first-order valence-electron chi connectivity index (χ1n) is 13.8. The zero-order valence-electron chi connectivity index (χ0n) is 22.8. The van der Waals surface area contributed by atoms with Crippen LogP contribution in [-0.2, 0) is 17.8 Å². The first-order chi connectivity index (χ1) is 20.1. The summed E-state index contributed by atoms with van der Waals surface area (Å²) in [4.78, 5) is 33.5. The third-order valence-corrected chi connectivity index (χ3v) is 8.20. The Hall–Kier alpha value is -3.87. The number of carbonyl (C=O) groups is 1. The first kappa shape index (κ1) is 28.7. The Labute approximate surface area is 249 Å². The zero-order chi connectivity index (χ0) is 28.4. The summed E-state index contributed by atoms with van der Waals surface area (Å²) in [5, 5.41) is 1.82. The van der Waals surface area contributed by atoms with E-state index >= 15 is 0 Å². The van der Waals surface area contributed by atoms with Gasteiger partial charge in [-0.2, -0.15) is 0 Å². The van der Waals surface area contributed by atoms with Gasteiger partial charge in [-0.15, -0.1) is 0 Å². The summed E-state index contributed by atoms with van der Waals surface area (Å²) in [6, 6.07) is 35.1. The summed E-state index contributed by atoms with van der Waals surface area (Å²) >= 11 is 7.64. The monoisotopic (exact) mass is 581 g/mol. The molecule has 0 spiro atoms. The Bertz CT molecular complexity index is 1640. The molecule has 0 unspecified atom stereocenters. The molecule has 0 saturated heterocycles. The number of hydrogen-bond acceptors (Lipinski definition) is 4. The Morgan fingerprint density at radius 3 is 2.20 bits per heavy atom. The van der Waals surface area contributed by atoms with E-state index in [-0.39, 0.29) is 11.5 Å². The average Bonchev–Trinajstić information content (AvgIpc) is 3.01. The molecule has 0 aliphatic heterocycles. The number of benzene rings is 4. The van der Waals surface area contributed by atoms with E-state index in [0.717, 1.165) is 36.3 Å². The summed E-state index contributed by atoms with van der Waals surface area (Å²) < 4.78 is 1.65. The molecule has 5 rings (SSSR count). The standard InChI is InChI=1S/C34H32ClN3O2S/c35-28-18-20-29(21-19-28)38-33(40)30-15-7-8-16-31(30)36-34(38)41-24-10-9-17-32(39)37(25-27-13-5-2-6-14-27)23-22-26-11-3-1-4-12-26/h1-8,11-16,18-21H,9-10,17,22-25H2. The molecule has 0 bridgehead atoms. The number of thioether (sulfide) groups is 1. The molecule has 0 aliphatic carbocycles. The second-order valence-corrected chi connectivity index (χ2v) is 11.4. The molecule has 5 aromatic rings. The van der Waals surface area contributed by atoms with Gasteiger partial charge in [-0.25, -0.2) is 4.98 Å². The third kappa shape index (κ3) is 7.66. The van der Waals surface area contributed by atoms with Crippen molar-refractivity contribution in [2.24, 2.45) is 0 Å². The van der Waals surface area contributed by atoms with Crippen LogP contribution >= 0.6 is 23.4 Å². The van der Waals surface area contributed by atoms with E-state index in [2.05, 4.69) is 24.3 Å². The van der Waals surface area contributed by atoms with E-state index in [0.29, 0.717) is 40.6 Å². The molecule has 41 heavy (non-hydrogen) atoms.